The van der Waals surface area contributed by atoms with Crippen LogP contribution in [0.15, 0.2) is 46.2 Å². The van der Waals surface area contributed by atoms with E-state index in [2.05, 4.69) is 24.3 Å². The van der Waals surface area contributed by atoms with Crippen LogP contribution < -0.4 is 0 Å². The van der Waals surface area contributed by atoms with Crippen LogP contribution in [0.3, 0.4) is 0 Å². The highest BCUT2D eigenvalue weighted by Crippen LogP contribution is 2.54. The first-order valence-corrected chi connectivity index (χ1v) is 15.4. The van der Waals surface area contributed by atoms with Crippen LogP contribution in [-0.4, -0.2) is 67.6 Å². The summed E-state index contributed by atoms with van der Waals surface area (Å²) in [6.07, 6.45) is -1.63. The van der Waals surface area contributed by atoms with E-state index in [1.54, 1.807) is 0 Å². The van der Waals surface area contributed by atoms with E-state index in [4.69, 9.17) is 40.0 Å². The molecule has 2 aliphatic heterocycles. The number of carbonyl (C=O) groups excluding carboxylic acids is 4. The molecule has 11 heteroatoms. The molecule has 0 spiro atoms. The molecule has 0 amide bonds. The number of ether oxygens (including phenoxy) is 6. The van der Waals surface area contributed by atoms with Crippen molar-refractivity contribution >= 4 is 35.5 Å². The Morgan fingerprint density at radius 1 is 0.886 bits per heavy atom. The maximum atomic E-state index is 12.5. The Morgan fingerprint density at radius 2 is 1.50 bits per heavy atom. The fraction of sp³-hybridized carbons (Fsp3) is 0.576. The number of rotatable bonds is 9. The highest BCUT2D eigenvalue weighted by atomic mass is 35.5. The summed E-state index contributed by atoms with van der Waals surface area (Å²) >= 11 is 6.99. The third-order valence-electron chi connectivity index (χ3n) is 8.72. The van der Waals surface area contributed by atoms with Gasteiger partial charge in [-0.15, -0.1) is 0 Å². The smallest absolute Gasteiger partial charge is 0.303 e. The second-order valence-electron chi connectivity index (χ2n) is 12.2. The Hall–Kier alpha value is -3.37. The molecule has 5 rings (SSSR count). The molecule has 0 radical (unpaired) electrons. The second-order valence-corrected chi connectivity index (χ2v) is 12.6. The Labute approximate surface area is 262 Å². The average Bonchev–Trinajstić information content (AvgIpc) is 3.67. The molecule has 0 aromatic heterocycles. The molecule has 10 nitrogen and oxygen atoms in total. The summed E-state index contributed by atoms with van der Waals surface area (Å²) in [6.45, 7) is 7.01. The maximum absolute atomic E-state index is 12.5. The van der Waals surface area contributed by atoms with Crippen molar-refractivity contribution in [1.82, 2.24) is 0 Å². The van der Waals surface area contributed by atoms with Crippen molar-refractivity contribution in [2.24, 2.45) is 5.41 Å². The number of benzene rings is 1. The predicted molar refractivity (Wildman–Crippen MR) is 157 cm³/mol. The molecule has 1 unspecified atom stereocenters. The van der Waals surface area contributed by atoms with Crippen molar-refractivity contribution in [1.29, 1.82) is 0 Å². The highest BCUT2D eigenvalue weighted by molar-refractivity contribution is 6.32. The van der Waals surface area contributed by atoms with Gasteiger partial charge in [0.2, 0.25) is 0 Å². The number of esters is 4. The molecule has 0 bridgehead atoms. The molecule has 2 fully saturated rings. The zero-order valence-electron chi connectivity index (χ0n) is 25.7. The zero-order chi connectivity index (χ0) is 31.8. The fourth-order valence-electron chi connectivity index (χ4n) is 6.71. The molecule has 2 heterocycles. The summed E-state index contributed by atoms with van der Waals surface area (Å²) in [5.41, 5.74) is 3.37. The first kappa shape index (κ1) is 32.0. The molecular formula is C33H39ClO10. The lowest BCUT2D eigenvalue weighted by Crippen LogP contribution is -2.66. The number of allylic oxidation sites excluding steroid dienone is 2. The standard InChI is InChI=1S/C33H39ClO10/c1-17(35)40-16-26-29(41-18(2)36)30(42-19(3)37)31(43-20(4)38)32(44-26)33(5)15-24(27(34)28-25(33)12-13-39-28)14-21-6-8-22(9-7-21)23-10-11-23/h6-9,23,26,29-32H,10-16H2,1-5H3/t26-,29-,30+,31-,32-,33?/m1/s1. The molecule has 2 aliphatic carbocycles. The average molecular weight is 631 g/mol. The van der Waals surface area contributed by atoms with Crippen molar-refractivity contribution in [3.8, 4) is 0 Å². The molecule has 4 aliphatic rings. The summed E-state index contributed by atoms with van der Waals surface area (Å²) < 4.78 is 35.1. The third-order valence-corrected chi connectivity index (χ3v) is 9.16. The van der Waals surface area contributed by atoms with Gasteiger partial charge in [-0.1, -0.05) is 42.8 Å². The Kier molecular flexibility index (Phi) is 9.41. The lowest BCUT2D eigenvalue weighted by Gasteiger charge is -2.51. The van der Waals surface area contributed by atoms with Gasteiger partial charge in [-0.25, -0.2) is 0 Å². The third kappa shape index (κ3) is 6.81. The van der Waals surface area contributed by atoms with Gasteiger partial charge in [0.1, 0.15) is 24.6 Å². The van der Waals surface area contributed by atoms with E-state index in [1.165, 1.54) is 46.1 Å². The van der Waals surface area contributed by atoms with Crippen molar-refractivity contribution in [3.63, 3.8) is 0 Å². The van der Waals surface area contributed by atoms with Gasteiger partial charge >= 0.3 is 23.9 Å². The minimum atomic E-state index is -1.25. The second kappa shape index (κ2) is 12.9. The van der Waals surface area contributed by atoms with E-state index >= 15 is 0 Å². The van der Waals surface area contributed by atoms with Crippen molar-refractivity contribution in [3.05, 3.63) is 57.3 Å². The van der Waals surface area contributed by atoms with Gasteiger partial charge in [0.05, 0.1) is 11.6 Å². The van der Waals surface area contributed by atoms with Crippen molar-refractivity contribution < 1.29 is 47.6 Å². The number of carbonyl (C=O) groups is 4. The van der Waals surface area contributed by atoms with Crippen molar-refractivity contribution in [2.45, 2.75) is 103 Å². The zero-order valence-corrected chi connectivity index (χ0v) is 26.4. The lowest BCUT2D eigenvalue weighted by atomic mass is 9.65. The summed E-state index contributed by atoms with van der Waals surface area (Å²) in [5.74, 6) is -1.34. The van der Waals surface area contributed by atoms with Gasteiger partial charge in [0.25, 0.3) is 0 Å². The van der Waals surface area contributed by atoms with Crippen LogP contribution in [0.2, 0.25) is 0 Å². The molecule has 1 aromatic carbocycles. The van der Waals surface area contributed by atoms with Crippen LogP contribution in [0, 0.1) is 5.41 Å². The monoisotopic (exact) mass is 630 g/mol. The first-order chi connectivity index (χ1) is 20.9. The van der Waals surface area contributed by atoms with E-state index < -0.39 is 59.8 Å². The topological polar surface area (TPSA) is 124 Å². The normalized spacial score (nSPS) is 29.8. The number of halogens is 1. The number of hydrogen-bond acceptors (Lipinski definition) is 10. The van der Waals surface area contributed by atoms with Gasteiger partial charge in [0.15, 0.2) is 18.3 Å². The SMILES string of the molecule is CC(=O)OC[C@H]1O[C@@H](C2(C)CC(Cc3ccc(C4CC4)cc3)=C(Cl)C3=C2CCO3)[C@H](OC(C)=O)[C@@H](OC(C)=O)[C@@H]1OC(C)=O. The minimum Gasteiger partial charge on any atom is -0.492 e. The first-order valence-electron chi connectivity index (χ1n) is 15.0. The van der Waals surface area contributed by atoms with Crippen LogP contribution in [0.5, 0.6) is 0 Å². The van der Waals surface area contributed by atoms with E-state index in [0.29, 0.717) is 42.6 Å². The predicted octanol–water partition coefficient (Wildman–Crippen LogP) is 4.81. The minimum absolute atomic E-state index is 0.288. The van der Waals surface area contributed by atoms with E-state index in [0.717, 1.165) is 16.7 Å². The Morgan fingerprint density at radius 3 is 2.09 bits per heavy atom. The maximum Gasteiger partial charge on any atom is 0.303 e. The Balaban J connectivity index is 1.55. The van der Waals surface area contributed by atoms with Gasteiger partial charge in [-0.05, 0) is 53.9 Å². The number of hydrogen-bond donors (Lipinski definition) is 0. The summed E-state index contributed by atoms with van der Waals surface area (Å²) in [6, 6.07) is 8.57. The lowest BCUT2D eigenvalue weighted by molar-refractivity contribution is -0.267. The molecule has 0 N–H and O–H groups in total. The molecule has 44 heavy (non-hydrogen) atoms. The van der Waals surface area contributed by atoms with Gasteiger partial charge in [0, 0.05) is 39.5 Å². The highest BCUT2D eigenvalue weighted by Gasteiger charge is 2.59. The summed E-state index contributed by atoms with van der Waals surface area (Å²) in [5, 5.41) is 0.548. The van der Waals surface area contributed by atoms with Gasteiger partial charge in [-0.2, -0.15) is 0 Å². The summed E-state index contributed by atoms with van der Waals surface area (Å²) in [7, 11) is 0. The van der Waals surface area contributed by atoms with E-state index in [1.807, 2.05) is 6.92 Å². The largest absolute Gasteiger partial charge is 0.492 e. The Bertz CT molecular complexity index is 1380. The molecule has 6 atom stereocenters. The fourth-order valence-corrected chi connectivity index (χ4v) is 7.01. The quantitative estimate of drug-likeness (QED) is 0.277. The van der Waals surface area contributed by atoms with Crippen LogP contribution in [-0.2, 0) is 54.0 Å². The van der Waals surface area contributed by atoms with E-state index in [9.17, 15) is 19.2 Å². The van der Waals surface area contributed by atoms with Gasteiger partial charge < -0.3 is 28.4 Å². The van der Waals surface area contributed by atoms with Crippen LogP contribution in [0.4, 0.5) is 0 Å². The van der Waals surface area contributed by atoms with E-state index in [-0.39, 0.29) is 6.61 Å². The molecule has 238 valence electrons. The van der Waals surface area contributed by atoms with Crippen LogP contribution in [0.1, 0.15) is 77.3 Å². The van der Waals surface area contributed by atoms with Crippen LogP contribution in [0.25, 0.3) is 0 Å². The molecule has 1 aromatic rings. The molecule has 1 saturated heterocycles. The molecule has 1 saturated carbocycles. The van der Waals surface area contributed by atoms with Gasteiger partial charge in [-0.3, -0.25) is 19.2 Å². The summed E-state index contributed by atoms with van der Waals surface area (Å²) in [4.78, 5) is 48.9. The molecular weight excluding hydrogens is 592 g/mol. The van der Waals surface area contributed by atoms with Crippen molar-refractivity contribution in [2.75, 3.05) is 13.2 Å². The van der Waals surface area contributed by atoms with Crippen LogP contribution >= 0.6 is 11.6 Å².